The van der Waals surface area contributed by atoms with E-state index in [1.54, 1.807) is 0 Å². The number of benzene rings is 5. The number of nitrogens with zero attached hydrogens (tertiary/aromatic N) is 1. The van der Waals surface area contributed by atoms with Crippen molar-refractivity contribution in [3.05, 3.63) is 161 Å². The first-order valence-electron chi connectivity index (χ1n) is 19.9. The van der Waals surface area contributed by atoms with Crippen LogP contribution in [-0.4, -0.2) is 49.0 Å². The molecule has 1 aliphatic carbocycles. The fourth-order valence-corrected chi connectivity index (χ4v) is 7.91. The topological polar surface area (TPSA) is 57.4 Å². The van der Waals surface area contributed by atoms with E-state index < -0.39 is 0 Å². The van der Waals surface area contributed by atoms with Crippen LogP contribution in [0.25, 0.3) is 33.3 Å². The molecule has 5 nitrogen and oxygen atoms in total. The second-order valence-corrected chi connectivity index (χ2v) is 14.7. The Morgan fingerprint density at radius 2 is 1.51 bits per heavy atom. The highest BCUT2D eigenvalue weighted by Crippen LogP contribution is 2.37. The van der Waals surface area contributed by atoms with Crippen molar-refractivity contribution in [1.29, 1.82) is 0 Å². The number of aromatic nitrogens is 1. The molecule has 0 saturated carbocycles. The number of hydrogen-bond donors (Lipinski definition) is 2. The van der Waals surface area contributed by atoms with Crippen LogP contribution in [0, 0.1) is 5.82 Å². The van der Waals surface area contributed by atoms with E-state index in [0.29, 0.717) is 24.1 Å². The van der Waals surface area contributed by atoms with E-state index in [2.05, 4.69) is 138 Å². The molecule has 1 aliphatic rings. The summed E-state index contributed by atoms with van der Waals surface area (Å²) in [5, 5.41) is 4.49. The highest BCUT2D eigenvalue weighted by atomic mass is 19.1. The summed E-state index contributed by atoms with van der Waals surface area (Å²) < 4.78 is 20.5. The molecule has 0 radical (unpaired) electrons. The Bertz CT molecular complexity index is 2210. The zero-order valence-corrected chi connectivity index (χ0v) is 32.2. The van der Waals surface area contributed by atoms with Crippen molar-refractivity contribution in [2.75, 3.05) is 33.3 Å². The Balaban J connectivity index is 0.822. The third kappa shape index (κ3) is 9.33. The van der Waals surface area contributed by atoms with Gasteiger partial charge in [0.2, 0.25) is 0 Å². The number of nitrogens with one attached hydrogen (secondary N) is 2. The monoisotopic (exact) mass is 733 g/mol. The Kier molecular flexibility index (Phi) is 12.7. The largest absolute Gasteiger partial charge is 0.492 e. The smallest absolute Gasteiger partial charge is 0.163 e. The maximum absolute atomic E-state index is 14.3. The van der Waals surface area contributed by atoms with Crippen LogP contribution < -0.4 is 10.1 Å². The van der Waals surface area contributed by atoms with Crippen molar-refractivity contribution in [3.63, 3.8) is 0 Å². The fraction of sp³-hybridized carbons (Fsp3) is 0.286. The van der Waals surface area contributed by atoms with Crippen LogP contribution in [0.15, 0.2) is 121 Å². The molecule has 0 atom stereocenters. The molecule has 6 heteroatoms. The molecule has 0 amide bonds. The summed E-state index contributed by atoms with van der Waals surface area (Å²) in [5.41, 5.74) is 11.9. The van der Waals surface area contributed by atoms with Gasteiger partial charge in [0, 0.05) is 41.7 Å². The van der Waals surface area contributed by atoms with Crippen LogP contribution >= 0.6 is 0 Å². The third-order valence-electron chi connectivity index (χ3n) is 10.8. The molecule has 1 aromatic heterocycles. The molecule has 7 rings (SSSR count). The van der Waals surface area contributed by atoms with E-state index in [1.165, 1.54) is 52.0 Å². The van der Waals surface area contributed by atoms with E-state index >= 15 is 0 Å². The van der Waals surface area contributed by atoms with Crippen molar-refractivity contribution in [3.8, 4) is 17.0 Å². The number of H-pyrrole nitrogens is 1. The minimum atomic E-state index is -0.370. The molecule has 0 saturated heterocycles. The van der Waals surface area contributed by atoms with Gasteiger partial charge >= 0.3 is 0 Å². The van der Waals surface area contributed by atoms with E-state index in [-0.39, 0.29) is 11.6 Å². The van der Waals surface area contributed by atoms with Crippen LogP contribution in [-0.2, 0) is 13.0 Å². The number of likely N-dealkylation sites (N-methyl/N-ethyl adjacent to an activating group) is 1. The van der Waals surface area contributed by atoms with Crippen LogP contribution in [0.5, 0.6) is 5.75 Å². The molecule has 0 spiro atoms. The van der Waals surface area contributed by atoms with Gasteiger partial charge in [-0.3, -0.25) is 4.79 Å². The fourth-order valence-electron chi connectivity index (χ4n) is 7.91. The quantitative estimate of drug-likeness (QED) is 0.0724. The van der Waals surface area contributed by atoms with Crippen molar-refractivity contribution in [2.45, 2.75) is 58.4 Å². The first kappa shape index (κ1) is 38.0. The highest BCUT2D eigenvalue weighted by Gasteiger charge is 2.23. The summed E-state index contributed by atoms with van der Waals surface area (Å²) in [6.45, 7) is 6.61. The van der Waals surface area contributed by atoms with Crippen molar-refractivity contribution in [1.82, 2.24) is 15.2 Å². The number of aryl methyl sites for hydroxylation is 1. The van der Waals surface area contributed by atoms with Crippen LogP contribution in [0.1, 0.15) is 83.6 Å². The van der Waals surface area contributed by atoms with Gasteiger partial charge in [0.15, 0.2) is 5.78 Å². The van der Waals surface area contributed by atoms with Gasteiger partial charge in [-0.05, 0) is 121 Å². The SMILES string of the molecule is CC/C(=C(\c1ccccc1)c1ccc(OCCN(C)CCCCCNCc2ccc(-c3[nH]c4cc(F)cc5c4c3CCCC5=O)cc2)cc1)c1ccccc1. The lowest BCUT2D eigenvalue weighted by atomic mass is 9.88. The summed E-state index contributed by atoms with van der Waals surface area (Å²) in [4.78, 5) is 18.4. The molecule has 282 valence electrons. The number of hydrogen-bond acceptors (Lipinski definition) is 4. The first-order chi connectivity index (χ1) is 27.0. The molecule has 5 aromatic carbocycles. The van der Waals surface area contributed by atoms with Crippen LogP contribution in [0.3, 0.4) is 0 Å². The van der Waals surface area contributed by atoms with Gasteiger partial charge in [0.05, 0.1) is 0 Å². The number of rotatable bonds is 17. The van der Waals surface area contributed by atoms with Gasteiger partial charge in [-0.2, -0.15) is 0 Å². The van der Waals surface area contributed by atoms with Gasteiger partial charge < -0.3 is 19.9 Å². The number of ether oxygens (including phenoxy) is 1. The Hall–Kier alpha value is -5.30. The second-order valence-electron chi connectivity index (χ2n) is 14.7. The molecule has 2 N–H and O–H groups in total. The maximum atomic E-state index is 14.3. The van der Waals surface area contributed by atoms with E-state index in [1.807, 2.05) is 0 Å². The molecule has 0 aliphatic heterocycles. The predicted octanol–water partition coefficient (Wildman–Crippen LogP) is 11.1. The molecule has 1 heterocycles. The lowest BCUT2D eigenvalue weighted by Gasteiger charge is -2.18. The normalized spacial score (nSPS) is 13.3. The maximum Gasteiger partial charge on any atom is 0.163 e. The lowest BCUT2D eigenvalue weighted by molar-refractivity contribution is 0.0982. The Labute approximate surface area is 325 Å². The van der Waals surface area contributed by atoms with Gasteiger partial charge in [-0.1, -0.05) is 110 Å². The summed E-state index contributed by atoms with van der Waals surface area (Å²) in [5.74, 6) is 0.556. The standard InChI is InChI=1S/C49H52FN3O2/c1-3-42(36-14-7-4-8-15-36)47(37-16-9-5-10-17-37)38-24-26-41(27-25-38)55-31-30-53(2)29-12-6-11-28-51-34-35-20-22-39(23-21-35)49-43-18-13-19-46(54)44-32-40(50)33-45(52-49)48(43)44/h4-5,7-10,14-17,20-27,32-33,51-52H,3,6,11-13,18-19,28-31,34H2,1-2H3/b47-42-. The number of ketones is 1. The molecular weight excluding hydrogens is 682 g/mol. The average Bonchev–Trinajstić information content (AvgIpc) is 3.49. The molecule has 55 heavy (non-hydrogen) atoms. The number of allylic oxidation sites excluding steroid dienone is 1. The number of unbranched alkanes of at least 4 members (excludes halogenated alkanes) is 2. The second kappa shape index (κ2) is 18.4. The van der Waals surface area contributed by atoms with E-state index in [9.17, 15) is 9.18 Å². The zero-order chi connectivity index (χ0) is 38.0. The minimum absolute atomic E-state index is 0.0292. The van der Waals surface area contributed by atoms with Gasteiger partial charge in [-0.25, -0.2) is 4.39 Å². The summed E-state index contributed by atoms with van der Waals surface area (Å²) in [7, 11) is 2.17. The number of aromatic amines is 1. The lowest BCUT2D eigenvalue weighted by Crippen LogP contribution is -2.25. The van der Waals surface area contributed by atoms with Crippen molar-refractivity contribution < 1.29 is 13.9 Å². The number of carbonyl (C=O) groups is 1. The van der Waals surface area contributed by atoms with E-state index in [0.717, 1.165) is 86.2 Å². The molecule has 6 aromatic rings. The molecule has 0 fully saturated rings. The number of Topliss-reactive ketones (excluding diaryl/α,β-unsaturated/α-hetero) is 1. The summed E-state index contributed by atoms with van der Waals surface area (Å²) >= 11 is 0. The first-order valence-corrected chi connectivity index (χ1v) is 19.9. The molecule has 0 unspecified atom stereocenters. The number of halogens is 1. The molecule has 0 bridgehead atoms. The van der Waals surface area contributed by atoms with Gasteiger partial charge in [0.25, 0.3) is 0 Å². The van der Waals surface area contributed by atoms with Crippen molar-refractivity contribution >= 4 is 27.8 Å². The third-order valence-corrected chi connectivity index (χ3v) is 10.8. The van der Waals surface area contributed by atoms with Crippen molar-refractivity contribution in [2.24, 2.45) is 0 Å². The van der Waals surface area contributed by atoms with E-state index in [4.69, 9.17) is 4.74 Å². The highest BCUT2D eigenvalue weighted by molar-refractivity contribution is 6.11. The summed E-state index contributed by atoms with van der Waals surface area (Å²) in [6, 6.07) is 41.4. The van der Waals surface area contributed by atoms with Crippen LogP contribution in [0.2, 0.25) is 0 Å². The predicted molar refractivity (Wildman–Crippen MR) is 225 cm³/mol. The van der Waals surface area contributed by atoms with Gasteiger partial charge in [-0.15, -0.1) is 0 Å². The van der Waals surface area contributed by atoms with Gasteiger partial charge in [0.1, 0.15) is 18.2 Å². The Morgan fingerprint density at radius 3 is 2.24 bits per heavy atom. The van der Waals surface area contributed by atoms with Crippen LogP contribution in [0.4, 0.5) is 4.39 Å². The number of carbonyl (C=O) groups excluding carboxylic acids is 1. The summed E-state index contributed by atoms with van der Waals surface area (Å²) in [6.07, 6.45) is 6.46. The minimum Gasteiger partial charge on any atom is -0.492 e. The molecular formula is C49H52FN3O2. The average molecular weight is 734 g/mol. The Morgan fingerprint density at radius 1 is 0.800 bits per heavy atom. The zero-order valence-electron chi connectivity index (χ0n) is 32.2.